The fraction of sp³-hybridized carbons (Fsp3) is 0.455. The number of aromatic nitrogens is 1. The van der Waals surface area contributed by atoms with Crippen LogP contribution in [0.1, 0.15) is 23.7 Å². The van der Waals surface area contributed by atoms with E-state index in [4.69, 9.17) is 9.84 Å². The van der Waals surface area contributed by atoms with Gasteiger partial charge in [-0.25, -0.2) is 9.78 Å². The van der Waals surface area contributed by atoms with E-state index in [0.29, 0.717) is 19.6 Å². The maximum atomic E-state index is 11.0. The zero-order valence-electron chi connectivity index (χ0n) is 10.3. The van der Waals surface area contributed by atoms with E-state index in [1.54, 1.807) is 0 Å². The summed E-state index contributed by atoms with van der Waals surface area (Å²) in [5.41, 5.74) is -0.999. The van der Waals surface area contributed by atoms with Crippen LogP contribution in [-0.2, 0) is 4.74 Å². The zero-order valence-corrected chi connectivity index (χ0v) is 10.3. The molecule has 1 fully saturated rings. The molecule has 1 aromatic rings. The second-order valence-corrected chi connectivity index (χ2v) is 4.64. The number of nitrogens with one attached hydrogen (secondary N) is 1. The van der Waals surface area contributed by atoms with Crippen LogP contribution < -0.4 is 5.32 Å². The Morgan fingerprint density at radius 1 is 1.68 bits per heavy atom. The molecule has 2 heterocycles. The van der Waals surface area contributed by atoms with Crippen LogP contribution in [0.2, 0.25) is 0 Å². The molecule has 0 spiro atoms. The van der Waals surface area contributed by atoms with Gasteiger partial charge in [0.2, 0.25) is 5.82 Å². The van der Waals surface area contributed by atoms with Gasteiger partial charge in [-0.2, -0.15) is 0 Å². The summed E-state index contributed by atoms with van der Waals surface area (Å²) in [5, 5.41) is 22.8. The van der Waals surface area contributed by atoms with Gasteiger partial charge in [-0.05, 0) is 13.3 Å². The maximum absolute atomic E-state index is 11.0. The molecule has 1 aliphatic heterocycles. The highest BCUT2D eigenvalue weighted by Crippen LogP contribution is 2.29. The van der Waals surface area contributed by atoms with Crippen molar-refractivity contribution in [3.63, 3.8) is 0 Å². The van der Waals surface area contributed by atoms with Crippen LogP contribution in [0.3, 0.4) is 0 Å². The highest BCUT2D eigenvalue weighted by Gasteiger charge is 2.32. The lowest BCUT2D eigenvalue weighted by atomic mass is 10.0. The lowest BCUT2D eigenvalue weighted by molar-refractivity contribution is -0.384. The van der Waals surface area contributed by atoms with Crippen molar-refractivity contribution < 1.29 is 19.6 Å². The van der Waals surface area contributed by atoms with Crippen molar-refractivity contribution in [3.8, 4) is 0 Å². The molecule has 0 aromatic carbocycles. The van der Waals surface area contributed by atoms with Gasteiger partial charge in [0.05, 0.1) is 22.6 Å². The van der Waals surface area contributed by atoms with Crippen molar-refractivity contribution in [2.45, 2.75) is 18.9 Å². The zero-order chi connectivity index (χ0) is 14.0. The number of pyridine rings is 1. The number of carbonyl (C=O) groups is 1. The average Bonchev–Trinajstić information content (AvgIpc) is 2.75. The molecule has 8 heteroatoms. The van der Waals surface area contributed by atoms with Gasteiger partial charge in [0.15, 0.2) is 0 Å². The minimum atomic E-state index is -1.25. The number of ether oxygens (including phenoxy) is 1. The standard InChI is InChI=1S/C11H13N3O5/c1-11(2-3-19-6-11)13-9-8(14(17)18)4-7(5-12-9)10(15)16/h4-5H,2-3,6H2,1H3,(H,12,13)(H,15,16). The Balaban J connectivity index is 2.34. The molecule has 0 aliphatic carbocycles. The third kappa shape index (κ3) is 2.79. The summed E-state index contributed by atoms with van der Waals surface area (Å²) in [6.07, 6.45) is 1.79. The Morgan fingerprint density at radius 2 is 2.42 bits per heavy atom. The summed E-state index contributed by atoms with van der Waals surface area (Å²) >= 11 is 0. The molecule has 2 N–H and O–H groups in total. The molecule has 8 nitrogen and oxygen atoms in total. The Bertz CT molecular complexity index is 525. The topological polar surface area (TPSA) is 115 Å². The fourth-order valence-electron chi connectivity index (χ4n) is 1.86. The van der Waals surface area contributed by atoms with Gasteiger partial charge in [0.1, 0.15) is 0 Å². The molecule has 0 amide bonds. The van der Waals surface area contributed by atoms with E-state index in [-0.39, 0.29) is 17.1 Å². The maximum Gasteiger partial charge on any atom is 0.337 e. The predicted octanol–water partition coefficient (Wildman–Crippen LogP) is 1.28. The smallest absolute Gasteiger partial charge is 0.337 e. The van der Waals surface area contributed by atoms with Crippen LogP contribution in [0.4, 0.5) is 11.5 Å². The fourth-order valence-corrected chi connectivity index (χ4v) is 1.86. The molecule has 1 unspecified atom stereocenters. The summed E-state index contributed by atoms with van der Waals surface area (Å²) in [6, 6.07) is 0.997. The Kier molecular flexibility index (Phi) is 3.34. The molecule has 1 aliphatic rings. The minimum Gasteiger partial charge on any atom is -0.478 e. The summed E-state index contributed by atoms with van der Waals surface area (Å²) in [7, 11) is 0. The van der Waals surface area contributed by atoms with Crippen molar-refractivity contribution in [2.75, 3.05) is 18.5 Å². The molecule has 0 radical (unpaired) electrons. The molecular weight excluding hydrogens is 254 g/mol. The molecule has 1 atom stereocenters. The Morgan fingerprint density at radius 3 is 2.95 bits per heavy atom. The van der Waals surface area contributed by atoms with E-state index in [1.165, 1.54) is 0 Å². The highest BCUT2D eigenvalue weighted by molar-refractivity contribution is 5.88. The number of nitrogens with zero attached hydrogens (tertiary/aromatic N) is 2. The first kappa shape index (κ1) is 13.2. The van der Waals surface area contributed by atoms with Gasteiger partial charge in [0, 0.05) is 18.9 Å². The summed E-state index contributed by atoms with van der Waals surface area (Å²) in [5.74, 6) is -1.19. The van der Waals surface area contributed by atoms with Gasteiger partial charge in [-0.1, -0.05) is 0 Å². The van der Waals surface area contributed by atoms with Crippen LogP contribution in [0, 0.1) is 10.1 Å². The number of nitro groups is 1. The Hall–Kier alpha value is -2.22. The third-order valence-corrected chi connectivity index (χ3v) is 2.95. The minimum absolute atomic E-state index is 0.0583. The van der Waals surface area contributed by atoms with Crippen molar-refractivity contribution in [1.82, 2.24) is 4.98 Å². The van der Waals surface area contributed by atoms with Gasteiger partial charge in [-0.15, -0.1) is 0 Å². The van der Waals surface area contributed by atoms with Gasteiger partial charge in [0.25, 0.3) is 0 Å². The quantitative estimate of drug-likeness (QED) is 0.623. The molecule has 0 bridgehead atoms. The molecule has 102 valence electrons. The van der Waals surface area contributed by atoms with Crippen LogP contribution >= 0.6 is 0 Å². The van der Waals surface area contributed by atoms with Crippen LogP contribution in [0.25, 0.3) is 0 Å². The van der Waals surface area contributed by atoms with Crippen molar-refractivity contribution in [2.24, 2.45) is 0 Å². The van der Waals surface area contributed by atoms with E-state index in [2.05, 4.69) is 10.3 Å². The first-order valence-electron chi connectivity index (χ1n) is 5.65. The largest absolute Gasteiger partial charge is 0.478 e. The van der Waals surface area contributed by atoms with Crippen molar-refractivity contribution in [3.05, 3.63) is 27.9 Å². The lowest BCUT2D eigenvalue weighted by Gasteiger charge is -2.23. The van der Waals surface area contributed by atoms with Crippen molar-refractivity contribution in [1.29, 1.82) is 0 Å². The highest BCUT2D eigenvalue weighted by atomic mass is 16.6. The number of carboxylic acids is 1. The van der Waals surface area contributed by atoms with E-state index < -0.39 is 16.4 Å². The van der Waals surface area contributed by atoms with E-state index in [1.807, 2.05) is 6.92 Å². The molecular formula is C11H13N3O5. The van der Waals surface area contributed by atoms with E-state index in [9.17, 15) is 14.9 Å². The SMILES string of the molecule is CC1(Nc2ncc(C(=O)O)cc2[N+](=O)[O-])CCOC1. The average molecular weight is 267 g/mol. The number of rotatable bonds is 4. The first-order valence-corrected chi connectivity index (χ1v) is 5.65. The van der Waals surface area contributed by atoms with E-state index >= 15 is 0 Å². The number of hydrogen-bond acceptors (Lipinski definition) is 6. The number of aromatic carboxylic acids is 1. The molecule has 0 saturated carbocycles. The second-order valence-electron chi connectivity index (χ2n) is 4.64. The Labute approximate surface area is 108 Å². The van der Waals surface area contributed by atoms with Gasteiger partial charge in [-0.3, -0.25) is 10.1 Å². The molecule has 19 heavy (non-hydrogen) atoms. The van der Waals surface area contributed by atoms with Crippen molar-refractivity contribution >= 4 is 17.5 Å². The lowest BCUT2D eigenvalue weighted by Crippen LogP contribution is -2.35. The van der Waals surface area contributed by atoms with Crippen LogP contribution in [0.15, 0.2) is 12.3 Å². The monoisotopic (exact) mass is 267 g/mol. The summed E-state index contributed by atoms with van der Waals surface area (Å²) in [4.78, 5) is 25.0. The van der Waals surface area contributed by atoms with Crippen LogP contribution in [-0.4, -0.2) is 39.7 Å². The second kappa shape index (κ2) is 4.81. The number of hydrogen-bond donors (Lipinski definition) is 2. The summed E-state index contributed by atoms with van der Waals surface area (Å²) < 4.78 is 5.24. The molecule has 2 rings (SSSR count). The summed E-state index contributed by atoms with van der Waals surface area (Å²) in [6.45, 7) is 2.87. The molecule has 1 aromatic heterocycles. The third-order valence-electron chi connectivity index (χ3n) is 2.95. The normalized spacial score (nSPS) is 22.2. The van der Waals surface area contributed by atoms with Crippen LogP contribution in [0.5, 0.6) is 0 Å². The van der Waals surface area contributed by atoms with Gasteiger partial charge < -0.3 is 15.2 Å². The predicted molar refractivity (Wildman–Crippen MR) is 65.3 cm³/mol. The van der Waals surface area contributed by atoms with Gasteiger partial charge >= 0.3 is 11.7 Å². The number of carboxylic acid groups (broad SMARTS) is 1. The van der Waals surface area contributed by atoms with E-state index in [0.717, 1.165) is 12.3 Å². The molecule has 1 saturated heterocycles. The number of anilines is 1. The first-order chi connectivity index (χ1) is 8.91.